The van der Waals surface area contributed by atoms with Gasteiger partial charge in [0.05, 0.1) is 11.4 Å². The van der Waals surface area contributed by atoms with Crippen LogP contribution < -0.4 is 0 Å². The largest absolute Gasteiger partial charge is 0.387 e. The highest BCUT2D eigenvalue weighted by Crippen LogP contribution is 2.28. The third kappa shape index (κ3) is 2.46. The number of nitrogens with zero attached hydrogens (tertiary/aromatic N) is 1. The van der Waals surface area contributed by atoms with Crippen LogP contribution in [0.3, 0.4) is 0 Å². The Morgan fingerprint density at radius 1 is 1.29 bits per heavy atom. The van der Waals surface area contributed by atoms with Crippen molar-refractivity contribution in [2.24, 2.45) is 0 Å². The van der Waals surface area contributed by atoms with E-state index in [2.05, 4.69) is 0 Å². The van der Waals surface area contributed by atoms with Crippen molar-refractivity contribution in [3.05, 3.63) is 0 Å². The molecule has 0 bridgehead atoms. The topological polar surface area (TPSA) is 57.6 Å². The predicted octanol–water partition coefficient (Wildman–Crippen LogP) is 0.573. The van der Waals surface area contributed by atoms with Gasteiger partial charge in [0.25, 0.3) is 0 Å². The Labute approximate surface area is 86.0 Å². The van der Waals surface area contributed by atoms with Gasteiger partial charge in [0.15, 0.2) is 0 Å². The fourth-order valence-electron chi connectivity index (χ4n) is 1.82. The zero-order valence-electron chi connectivity index (χ0n) is 8.86. The minimum atomic E-state index is -3.09. The lowest BCUT2D eigenvalue weighted by atomic mass is 9.92. The molecular weight excluding hydrogens is 202 g/mol. The van der Waals surface area contributed by atoms with Crippen LogP contribution in [-0.2, 0) is 10.0 Å². The van der Waals surface area contributed by atoms with Crippen LogP contribution in [0.2, 0.25) is 0 Å². The molecule has 14 heavy (non-hydrogen) atoms. The lowest BCUT2D eigenvalue weighted by Gasteiger charge is -2.45. The van der Waals surface area contributed by atoms with Gasteiger partial charge in [0.2, 0.25) is 10.0 Å². The Morgan fingerprint density at radius 3 is 2.29 bits per heavy atom. The fraction of sp³-hybridized carbons (Fsp3) is 1.00. The van der Waals surface area contributed by atoms with E-state index in [0.717, 1.165) is 6.42 Å². The minimum absolute atomic E-state index is 0.190. The van der Waals surface area contributed by atoms with Crippen molar-refractivity contribution in [2.45, 2.75) is 38.7 Å². The zero-order valence-corrected chi connectivity index (χ0v) is 9.68. The highest BCUT2D eigenvalue weighted by molar-refractivity contribution is 7.89. The first-order chi connectivity index (χ1) is 6.43. The summed E-state index contributed by atoms with van der Waals surface area (Å²) in [5.41, 5.74) is -0.754. The highest BCUT2D eigenvalue weighted by atomic mass is 32.2. The molecule has 0 aliphatic carbocycles. The second-order valence-corrected chi connectivity index (χ2v) is 6.15. The van der Waals surface area contributed by atoms with Gasteiger partial charge < -0.3 is 5.11 Å². The molecule has 1 aliphatic rings. The van der Waals surface area contributed by atoms with Gasteiger partial charge in [0, 0.05) is 13.1 Å². The molecule has 0 radical (unpaired) electrons. The first kappa shape index (κ1) is 11.9. The van der Waals surface area contributed by atoms with E-state index in [1.807, 2.05) is 13.8 Å². The number of hydrogen-bond acceptors (Lipinski definition) is 3. The lowest BCUT2D eigenvalue weighted by molar-refractivity contribution is -0.0653. The van der Waals surface area contributed by atoms with Crippen LogP contribution in [0.4, 0.5) is 0 Å². The van der Waals surface area contributed by atoms with Crippen molar-refractivity contribution in [3.63, 3.8) is 0 Å². The summed E-state index contributed by atoms with van der Waals surface area (Å²) in [5, 5.41) is 9.81. The summed E-state index contributed by atoms with van der Waals surface area (Å²) in [7, 11) is -3.09. The van der Waals surface area contributed by atoms with Gasteiger partial charge in [-0.05, 0) is 12.8 Å². The van der Waals surface area contributed by atoms with E-state index < -0.39 is 15.6 Å². The maximum Gasteiger partial charge on any atom is 0.214 e. The van der Waals surface area contributed by atoms with E-state index >= 15 is 0 Å². The molecule has 0 unspecified atom stereocenters. The molecule has 4 nitrogen and oxygen atoms in total. The summed E-state index contributed by atoms with van der Waals surface area (Å²) in [6.45, 7) is 4.39. The third-order valence-corrected chi connectivity index (χ3v) is 4.48. The smallest absolute Gasteiger partial charge is 0.214 e. The molecule has 1 N–H and O–H groups in total. The van der Waals surface area contributed by atoms with Gasteiger partial charge in [-0.3, -0.25) is 0 Å². The van der Waals surface area contributed by atoms with E-state index in [9.17, 15) is 13.5 Å². The van der Waals surface area contributed by atoms with Crippen LogP contribution in [0.5, 0.6) is 0 Å². The average molecular weight is 221 g/mol. The Kier molecular flexibility index (Phi) is 3.55. The number of β-amino-alcohol motifs (C(OH)–C–C–N with tert-alkyl or cyclic N) is 1. The van der Waals surface area contributed by atoms with Crippen LogP contribution >= 0.6 is 0 Å². The molecule has 0 atom stereocenters. The summed E-state index contributed by atoms with van der Waals surface area (Å²) >= 11 is 0. The molecule has 1 fully saturated rings. The van der Waals surface area contributed by atoms with Crippen molar-refractivity contribution < 1.29 is 13.5 Å². The summed E-state index contributed by atoms with van der Waals surface area (Å²) in [6, 6.07) is 0. The highest BCUT2D eigenvalue weighted by Gasteiger charge is 2.45. The summed E-state index contributed by atoms with van der Waals surface area (Å²) in [6.07, 6.45) is 2.20. The molecule has 0 aromatic heterocycles. The molecule has 1 heterocycles. The van der Waals surface area contributed by atoms with Crippen molar-refractivity contribution in [3.8, 4) is 0 Å². The first-order valence-electron chi connectivity index (χ1n) is 5.14. The Hall–Kier alpha value is -0.130. The van der Waals surface area contributed by atoms with Crippen LogP contribution in [0, 0.1) is 0 Å². The van der Waals surface area contributed by atoms with E-state index in [-0.39, 0.29) is 18.8 Å². The SMILES string of the molecule is CCCC1(O)CN(S(=O)(=O)CCC)C1. The summed E-state index contributed by atoms with van der Waals surface area (Å²) < 4.78 is 24.4. The summed E-state index contributed by atoms with van der Waals surface area (Å²) in [5.74, 6) is 0.190. The lowest BCUT2D eigenvalue weighted by Crippen LogP contribution is -2.63. The standard InChI is InChI=1S/C9H19NO3S/c1-3-5-9(11)7-10(8-9)14(12,13)6-4-2/h11H,3-8H2,1-2H3. The van der Waals surface area contributed by atoms with Gasteiger partial charge >= 0.3 is 0 Å². The molecule has 0 spiro atoms. The van der Waals surface area contributed by atoms with Gasteiger partial charge in [-0.1, -0.05) is 20.3 Å². The van der Waals surface area contributed by atoms with Crippen molar-refractivity contribution in [1.82, 2.24) is 4.31 Å². The quantitative estimate of drug-likeness (QED) is 0.738. The van der Waals surface area contributed by atoms with Crippen molar-refractivity contribution >= 4 is 10.0 Å². The number of aliphatic hydroxyl groups is 1. The predicted molar refractivity (Wildman–Crippen MR) is 55.5 cm³/mol. The molecule has 1 saturated heterocycles. The molecule has 1 rings (SSSR count). The van der Waals surface area contributed by atoms with Crippen LogP contribution in [-0.4, -0.2) is 42.3 Å². The van der Waals surface area contributed by atoms with Crippen LogP contribution in [0.25, 0.3) is 0 Å². The molecule has 84 valence electrons. The second-order valence-electron chi connectivity index (χ2n) is 4.06. The third-order valence-electron chi connectivity index (χ3n) is 2.51. The zero-order chi connectivity index (χ0) is 10.8. The summed E-state index contributed by atoms with van der Waals surface area (Å²) in [4.78, 5) is 0. The average Bonchev–Trinajstić information content (AvgIpc) is 2.00. The Balaban J connectivity index is 2.48. The molecular formula is C9H19NO3S. The molecule has 0 amide bonds. The minimum Gasteiger partial charge on any atom is -0.387 e. The van der Waals surface area contributed by atoms with Gasteiger partial charge in [-0.25, -0.2) is 8.42 Å². The Morgan fingerprint density at radius 2 is 1.86 bits per heavy atom. The first-order valence-corrected chi connectivity index (χ1v) is 6.74. The molecule has 1 aliphatic heterocycles. The van der Waals surface area contributed by atoms with E-state index in [1.165, 1.54) is 4.31 Å². The normalized spacial score (nSPS) is 21.9. The van der Waals surface area contributed by atoms with E-state index in [1.54, 1.807) is 0 Å². The monoisotopic (exact) mass is 221 g/mol. The van der Waals surface area contributed by atoms with E-state index in [0.29, 0.717) is 12.8 Å². The number of rotatable bonds is 5. The number of sulfonamides is 1. The second kappa shape index (κ2) is 4.16. The fourth-order valence-corrected chi connectivity index (χ4v) is 3.47. The Bertz CT molecular complexity index is 280. The molecule has 5 heteroatoms. The van der Waals surface area contributed by atoms with E-state index in [4.69, 9.17) is 0 Å². The maximum atomic E-state index is 11.5. The van der Waals surface area contributed by atoms with Gasteiger partial charge in [-0.15, -0.1) is 0 Å². The van der Waals surface area contributed by atoms with Gasteiger partial charge in [0.1, 0.15) is 0 Å². The molecule has 0 aromatic carbocycles. The van der Waals surface area contributed by atoms with Crippen LogP contribution in [0.15, 0.2) is 0 Å². The number of hydrogen-bond donors (Lipinski definition) is 1. The van der Waals surface area contributed by atoms with Crippen molar-refractivity contribution in [1.29, 1.82) is 0 Å². The van der Waals surface area contributed by atoms with Crippen molar-refractivity contribution in [2.75, 3.05) is 18.8 Å². The van der Waals surface area contributed by atoms with Gasteiger partial charge in [-0.2, -0.15) is 4.31 Å². The molecule has 0 saturated carbocycles. The molecule has 0 aromatic rings. The van der Waals surface area contributed by atoms with Crippen LogP contribution in [0.1, 0.15) is 33.1 Å². The maximum absolute atomic E-state index is 11.5.